The van der Waals surface area contributed by atoms with Crippen LogP contribution in [0.5, 0.6) is 0 Å². The Labute approximate surface area is 115 Å². The van der Waals surface area contributed by atoms with Crippen LogP contribution in [0.1, 0.15) is 22.3 Å². The summed E-state index contributed by atoms with van der Waals surface area (Å²) < 4.78 is 0. The molecule has 0 bridgehead atoms. The zero-order valence-corrected chi connectivity index (χ0v) is 10.8. The molecule has 20 heavy (non-hydrogen) atoms. The number of aliphatic carboxylic acids is 1. The van der Waals surface area contributed by atoms with Gasteiger partial charge in [-0.2, -0.15) is 0 Å². The van der Waals surface area contributed by atoms with Gasteiger partial charge >= 0.3 is 5.97 Å². The normalized spacial score (nSPS) is 11.7. The molecule has 7 heteroatoms. The molecule has 0 radical (unpaired) electrons. The van der Waals surface area contributed by atoms with Crippen LogP contribution in [0.15, 0.2) is 24.3 Å². The van der Waals surface area contributed by atoms with Crippen LogP contribution in [0.4, 0.5) is 0 Å². The average Bonchev–Trinajstić information content (AvgIpc) is 2.38. The number of carboxylic acid groups (broad SMARTS) is 1. The molecule has 0 unspecified atom stereocenters. The number of hydrogen-bond donors (Lipinski definition) is 4. The van der Waals surface area contributed by atoms with Crippen LogP contribution >= 0.6 is 0 Å². The highest BCUT2D eigenvalue weighted by Crippen LogP contribution is 2.09. The second-order valence-electron chi connectivity index (χ2n) is 4.23. The average molecular weight is 279 g/mol. The van der Waals surface area contributed by atoms with Crippen LogP contribution in [0.3, 0.4) is 0 Å². The number of hydrogen-bond acceptors (Lipinski definition) is 4. The number of nitrogens with two attached hydrogens (primary N) is 2. The quantitative estimate of drug-likeness (QED) is 0.520. The topological polar surface area (TPSA) is 136 Å². The van der Waals surface area contributed by atoms with Gasteiger partial charge in [0.1, 0.15) is 6.04 Å². The van der Waals surface area contributed by atoms with Crippen molar-refractivity contribution >= 4 is 17.8 Å². The van der Waals surface area contributed by atoms with Crippen molar-refractivity contribution in [2.45, 2.75) is 18.9 Å². The fourth-order valence-corrected chi connectivity index (χ4v) is 1.75. The van der Waals surface area contributed by atoms with Crippen molar-refractivity contribution in [1.29, 1.82) is 0 Å². The second kappa shape index (κ2) is 7.25. The third-order valence-electron chi connectivity index (χ3n) is 2.68. The van der Waals surface area contributed by atoms with Crippen LogP contribution < -0.4 is 16.8 Å². The zero-order chi connectivity index (χ0) is 15.1. The van der Waals surface area contributed by atoms with Gasteiger partial charge in [0.25, 0.3) is 5.91 Å². The van der Waals surface area contributed by atoms with E-state index in [2.05, 4.69) is 5.32 Å². The molecule has 0 spiro atoms. The van der Waals surface area contributed by atoms with Gasteiger partial charge in [-0.1, -0.05) is 18.2 Å². The van der Waals surface area contributed by atoms with E-state index in [-0.39, 0.29) is 0 Å². The number of benzene rings is 1. The van der Waals surface area contributed by atoms with E-state index in [1.807, 2.05) is 0 Å². The highest BCUT2D eigenvalue weighted by Gasteiger charge is 2.23. The summed E-state index contributed by atoms with van der Waals surface area (Å²) in [5.41, 5.74) is 11.5. The maximum absolute atomic E-state index is 12.1. The first kappa shape index (κ1) is 15.6. The van der Waals surface area contributed by atoms with E-state index in [1.54, 1.807) is 24.3 Å². The van der Waals surface area contributed by atoms with E-state index in [0.29, 0.717) is 18.5 Å². The minimum atomic E-state index is -1.34. The fraction of sp³-hybridized carbons (Fsp3) is 0.308. The lowest BCUT2D eigenvalue weighted by molar-refractivity contribution is -0.140. The summed E-state index contributed by atoms with van der Waals surface area (Å²) in [5.74, 6) is -2.68. The number of primary amides is 1. The maximum Gasteiger partial charge on any atom is 0.326 e. The maximum atomic E-state index is 12.1. The Hall–Kier alpha value is -2.41. The minimum absolute atomic E-state index is 0.341. The standard InChI is InChI=1S/C13H17N3O4/c14-6-5-8-3-1-2-4-9(8)12(18)16-10(13(19)20)7-11(15)17/h1-4,10H,5-7,14H2,(H2,15,17)(H,16,18)(H,19,20)/t10-/m0/s1. The summed E-state index contributed by atoms with van der Waals surface area (Å²) in [6.45, 7) is 0.369. The molecule has 7 nitrogen and oxygen atoms in total. The Morgan fingerprint density at radius 1 is 1.25 bits per heavy atom. The van der Waals surface area contributed by atoms with Crippen molar-refractivity contribution in [1.82, 2.24) is 5.32 Å². The van der Waals surface area contributed by atoms with Gasteiger partial charge in [0.15, 0.2) is 0 Å². The number of rotatable bonds is 7. The Balaban J connectivity index is 2.88. The lowest BCUT2D eigenvalue weighted by atomic mass is 10.0. The number of nitrogens with one attached hydrogen (secondary N) is 1. The van der Waals surface area contributed by atoms with Crippen molar-refractivity contribution in [3.05, 3.63) is 35.4 Å². The highest BCUT2D eigenvalue weighted by molar-refractivity contribution is 5.98. The number of amides is 2. The summed E-state index contributed by atoms with van der Waals surface area (Å²) in [4.78, 5) is 33.8. The summed E-state index contributed by atoms with van der Waals surface area (Å²) >= 11 is 0. The molecule has 0 saturated heterocycles. The Bertz CT molecular complexity index is 516. The van der Waals surface area contributed by atoms with Gasteiger partial charge in [-0.25, -0.2) is 4.79 Å². The predicted molar refractivity (Wildman–Crippen MR) is 71.9 cm³/mol. The van der Waals surface area contributed by atoms with Crippen molar-refractivity contribution in [3.63, 3.8) is 0 Å². The summed E-state index contributed by atoms with van der Waals surface area (Å²) in [6.07, 6.45) is 0.0390. The Kier molecular flexibility index (Phi) is 5.67. The summed E-state index contributed by atoms with van der Waals surface area (Å²) in [5, 5.41) is 11.2. The first-order valence-corrected chi connectivity index (χ1v) is 6.05. The molecule has 0 aliphatic rings. The summed E-state index contributed by atoms with van der Waals surface area (Å²) in [7, 11) is 0. The van der Waals surface area contributed by atoms with Gasteiger partial charge in [-0.15, -0.1) is 0 Å². The van der Waals surface area contributed by atoms with Gasteiger partial charge in [0, 0.05) is 5.56 Å². The molecule has 1 rings (SSSR count). The summed E-state index contributed by atoms with van der Waals surface area (Å²) in [6, 6.07) is 5.40. The highest BCUT2D eigenvalue weighted by atomic mass is 16.4. The molecule has 0 aromatic heterocycles. The van der Waals surface area contributed by atoms with Crippen molar-refractivity contribution in [3.8, 4) is 0 Å². The Morgan fingerprint density at radius 3 is 2.45 bits per heavy atom. The van der Waals surface area contributed by atoms with Gasteiger partial charge < -0.3 is 21.9 Å². The molecular weight excluding hydrogens is 262 g/mol. The van der Waals surface area contributed by atoms with Crippen molar-refractivity contribution < 1.29 is 19.5 Å². The Morgan fingerprint density at radius 2 is 1.90 bits per heavy atom. The minimum Gasteiger partial charge on any atom is -0.480 e. The molecule has 0 aliphatic heterocycles. The van der Waals surface area contributed by atoms with E-state index < -0.39 is 30.2 Å². The largest absolute Gasteiger partial charge is 0.480 e. The SMILES string of the molecule is NCCc1ccccc1C(=O)N[C@@H](CC(N)=O)C(=O)O. The fourth-order valence-electron chi connectivity index (χ4n) is 1.75. The smallest absolute Gasteiger partial charge is 0.326 e. The van der Waals surface area contributed by atoms with E-state index in [4.69, 9.17) is 16.6 Å². The molecule has 0 heterocycles. The third-order valence-corrected chi connectivity index (χ3v) is 2.68. The number of carbonyl (C=O) groups is 3. The molecule has 6 N–H and O–H groups in total. The van der Waals surface area contributed by atoms with Crippen LogP contribution in [0.2, 0.25) is 0 Å². The van der Waals surface area contributed by atoms with E-state index in [9.17, 15) is 14.4 Å². The van der Waals surface area contributed by atoms with Crippen LogP contribution in [0, 0.1) is 0 Å². The van der Waals surface area contributed by atoms with Crippen LogP contribution in [-0.4, -0.2) is 35.5 Å². The molecule has 0 fully saturated rings. The molecular formula is C13H17N3O4. The van der Waals surface area contributed by atoms with Crippen molar-refractivity contribution in [2.75, 3.05) is 6.54 Å². The van der Waals surface area contributed by atoms with Crippen LogP contribution in [0.25, 0.3) is 0 Å². The number of carboxylic acids is 1. The van der Waals surface area contributed by atoms with Crippen molar-refractivity contribution in [2.24, 2.45) is 11.5 Å². The molecule has 2 amide bonds. The van der Waals surface area contributed by atoms with E-state index in [1.165, 1.54) is 0 Å². The molecule has 108 valence electrons. The first-order valence-electron chi connectivity index (χ1n) is 6.05. The zero-order valence-electron chi connectivity index (χ0n) is 10.8. The molecule has 1 aromatic rings. The molecule has 0 aliphatic carbocycles. The van der Waals surface area contributed by atoms with Gasteiger partial charge in [0.05, 0.1) is 6.42 Å². The molecule has 1 atom stereocenters. The first-order chi connectivity index (χ1) is 9.45. The lowest BCUT2D eigenvalue weighted by Gasteiger charge is -2.14. The molecule has 1 aromatic carbocycles. The van der Waals surface area contributed by atoms with Gasteiger partial charge in [-0.3, -0.25) is 9.59 Å². The monoisotopic (exact) mass is 279 g/mol. The van der Waals surface area contributed by atoms with Gasteiger partial charge in [-0.05, 0) is 24.6 Å². The number of carbonyl (C=O) groups excluding carboxylic acids is 2. The molecule has 0 saturated carbocycles. The second-order valence-corrected chi connectivity index (χ2v) is 4.23. The van der Waals surface area contributed by atoms with E-state index in [0.717, 1.165) is 5.56 Å². The van der Waals surface area contributed by atoms with Gasteiger partial charge in [0.2, 0.25) is 5.91 Å². The lowest BCUT2D eigenvalue weighted by Crippen LogP contribution is -2.43. The predicted octanol–water partition coefficient (Wildman–Crippen LogP) is -0.754. The van der Waals surface area contributed by atoms with E-state index >= 15 is 0 Å². The third kappa shape index (κ3) is 4.36. The van der Waals surface area contributed by atoms with Crippen LogP contribution in [-0.2, 0) is 16.0 Å².